The van der Waals surface area contributed by atoms with Gasteiger partial charge >= 0.3 is 0 Å². The molecule has 0 saturated carbocycles. The van der Waals surface area contributed by atoms with Gasteiger partial charge in [0.1, 0.15) is 0 Å². The Labute approximate surface area is 50.6 Å². The zero-order chi connectivity index (χ0) is 6.41. The molecule has 48 valence electrons. The number of rotatable bonds is 3. The van der Waals surface area contributed by atoms with E-state index in [-0.39, 0.29) is 0 Å². The van der Waals surface area contributed by atoms with Gasteiger partial charge in [-0.1, -0.05) is 13.0 Å². The fourth-order valence-electron chi connectivity index (χ4n) is 0.531. The first-order valence-electron chi connectivity index (χ1n) is 2.95. The summed E-state index contributed by atoms with van der Waals surface area (Å²) in [5.74, 6) is 0. The second-order valence-electron chi connectivity index (χ2n) is 1.73. The third-order valence-electron chi connectivity index (χ3n) is 0.899. The molecule has 2 heteroatoms. The normalized spacial score (nSPS) is 12.0. The standard InChI is InChI=1S/C6H14N2/c1-2-3-6(8)4-5-7/h3H,2,4-5,7-8H2,1H3. The number of hydrogen-bond acceptors (Lipinski definition) is 2. The Morgan fingerprint density at radius 3 is 2.62 bits per heavy atom. The summed E-state index contributed by atoms with van der Waals surface area (Å²) in [4.78, 5) is 0. The molecule has 0 amide bonds. The molecule has 0 aliphatic rings. The lowest BCUT2D eigenvalue weighted by atomic mass is 10.3. The van der Waals surface area contributed by atoms with Crippen molar-refractivity contribution in [2.24, 2.45) is 11.5 Å². The second-order valence-corrected chi connectivity index (χ2v) is 1.73. The molecule has 0 aliphatic carbocycles. The molecule has 0 radical (unpaired) electrons. The van der Waals surface area contributed by atoms with Crippen LogP contribution in [0.2, 0.25) is 0 Å². The highest BCUT2D eigenvalue weighted by molar-refractivity contribution is 4.95. The van der Waals surface area contributed by atoms with E-state index >= 15 is 0 Å². The third-order valence-corrected chi connectivity index (χ3v) is 0.899. The van der Waals surface area contributed by atoms with Crippen molar-refractivity contribution >= 4 is 0 Å². The van der Waals surface area contributed by atoms with E-state index in [1.807, 2.05) is 6.08 Å². The fourth-order valence-corrected chi connectivity index (χ4v) is 0.531. The number of hydrogen-bond donors (Lipinski definition) is 2. The molecule has 0 aliphatic heterocycles. The molecular formula is C6H14N2. The van der Waals surface area contributed by atoms with E-state index in [0.717, 1.165) is 18.5 Å². The van der Waals surface area contributed by atoms with Crippen molar-refractivity contribution < 1.29 is 0 Å². The summed E-state index contributed by atoms with van der Waals surface area (Å²) in [6.07, 6.45) is 3.83. The molecule has 0 fully saturated rings. The molecule has 2 nitrogen and oxygen atoms in total. The van der Waals surface area contributed by atoms with Crippen molar-refractivity contribution in [3.63, 3.8) is 0 Å². The molecule has 0 saturated heterocycles. The highest BCUT2D eigenvalue weighted by Crippen LogP contribution is 1.90. The van der Waals surface area contributed by atoms with Gasteiger partial charge in [0, 0.05) is 5.70 Å². The largest absolute Gasteiger partial charge is 0.402 e. The van der Waals surface area contributed by atoms with E-state index in [9.17, 15) is 0 Å². The molecule has 8 heavy (non-hydrogen) atoms. The van der Waals surface area contributed by atoms with E-state index in [4.69, 9.17) is 11.5 Å². The van der Waals surface area contributed by atoms with Gasteiger partial charge in [-0.25, -0.2) is 0 Å². The van der Waals surface area contributed by atoms with Gasteiger partial charge in [-0.05, 0) is 19.4 Å². The lowest BCUT2D eigenvalue weighted by molar-refractivity contribution is 0.923. The Hall–Kier alpha value is -0.500. The van der Waals surface area contributed by atoms with Crippen LogP contribution < -0.4 is 11.5 Å². The zero-order valence-electron chi connectivity index (χ0n) is 5.35. The van der Waals surface area contributed by atoms with Gasteiger partial charge in [0.25, 0.3) is 0 Å². The molecule has 0 rings (SSSR count). The number of allylic oxidation sites excluding steroid dienone is 1. The smallest absolute Gasteiger partial charge is 0.00525 e. The van der Waals surface area contributed by atoms with Crippen LogP contribution in [0, 0.1) is 0 Å². The van der Waals surface area contributed by atoms with Crippen LogP contribution in [0.15, 0.2) is 11.8 Å². The van der Waals surface area contributed by atoms with E-state index in [1.165, 1.54) is 0 Å². The minimum Gasteiger partial charge on any atom is -0.402 e. The van der Waals surface area contributed by atoms with Gasteiger partial charge in [0.05, 0.1) is 0 Å². The topological polar surface area (TPSA) is 52.0 Å². The summed E-state index contributed by atoms with van der Waals surface area (Å²) >= 11 is 0. The lowest BCUT2D eigenvalue weighted by Crippen LogP contribution is -2.05. The Morgan fingerprint density at radius 2 is 2.25 bits per heavy atom. The number of nitrogens with two attached hydrogens (primary N) is 2. The third kappa shape index (κ3) is 3.68. The minimum atomic E-state index is 0.655. The maximum absolute atomic E-state index is 5.48. The van der Waals surface area contributed by atoms with E-state index in [0.29, 0.717) is 6.54 Å². The van der Waals surface area contributed by atoms with Crippen LogP contribution in [0.4, 0.5) is 0 Å². The molecule has 0 heterocycles. The Morgan fingerprint density at radius 1 is 1.62 bits per heavy atom. The van der Waals surface area contributed by atoms with Gasteiger partial charge < -0.3 is 11.5 Å². The molecule has 0 aromatic carbocycles. The summed E-state index contributed by atoms with van der Waals surface area (Å²) in [5.41, 5.74) is 11.6. The predicted octanol–water partition coefficient (Wildman–Crippen LogP) is 0.588. The van der Waals surface area contributed by atoms with Crippen molar-refractivity contribution in [2.45, 2.75) is 19.8 Å². The summed E-state index contributed by atoms with van der Waals surface area (Å²) in [7, 11) is 0. The molecule has 4 N–H and O–H groups in total. The summed E-state index contributed by atoms with van der Waals surface area (Å²) in [5, 5.41) is 0. The predicted molar refractivity (Wildman–Crippen MR) is 36.2 cm³/mol. The minimum absolute atomic E-state index is 0.655. The molecule has 0 bridgehead atoms. The second kappa shape index (κ2) is 4.65. The van der Waals surface area contributed by atoms with E-state index < -0.39 is 0 Å². The lowest BCUT2D eigenvalue weighted by Gasteiger charge is -1.94. The van der Waals surface area contributed by atoms with Gasteiger partial charge in [-0.2, -0.15) is 0 Å². The Bertz CT molecular complexity index is 76.6. The van der Waals surface area contributed by atoms with E-state index in [2.05, 4.69) is 6.92 Å². The van der Waals surface area contributed by atoms with Crippen molar-refractivity contribution in [1.82, 2.24) is 0 Å². The van der Waals surface area contributed by atoms with Gasteiger partial charge in [-0.3, -0.25) is 0 Å². The molecule has 0 aromatic rings. The van der Waals surface area contributed by atoms with Crippen LogP contribution >= 0.6 is 0 Å². The van der Waals surface area contributed by atoms with Crippen molar-refractivity contribution in [1.29, 1.82) is 0 Å². The Balaban J connectivity index is 3.29. The Kier molecular flexibility index (Phi) is 4.36. The van der Waals surface area contributed by atoms with Gasteiger partial charge in [0.2, 0.25) is 0 Å². The van der Waals surface area contributed by atoms with Gasteiger partial charge in [-0.15, -0.1) is 0 Å². The average Bonchev–Trinajstić information content (AvgIpc) is 1.68. The quantitative estimate of drug-likeness (QED) is 0.564. The fraction of sp³-hybridized carbons (Fsp3) is 0.667. The van der Waals surface area contributed by atoms with E-state index in [1.54, 1.807) is 0 Å². The van der Waals surface area contributed by atoms with Crippen LogP contribution in [0.5, 0.6) is 0 Å². The maximum Gasteiger partial charge on any atom is 0.00525 e. The van der Waals surface area contributed by atoms with Gasteiger partial charge in [0.15, 0.2) is 0 Å². The molecular weight excluding hydrogens is 100 g/mol. The van der Waals surface area contributed by atoms with Crippen molar-refractivity contribution in [3.05, 3.63) is 11.8 Å². The zero-order valence-corrected chi connectivity index (χ0v) is 5.35. The molecule has 0 aromatic heterocycles. The molecule has 0 unspecified atom stereocenters. The highest BCUT2D eigenvalue weighted by Gasteiger charge is 1.82. The van der Waals surface area contributed by atoms with Crippen LogP contribution in [-0.4, -0.2) is 6.54 Å². The van der Waals surface area contributed by atoms with Crippen LogP contribution in [0.25, 0.3) is 0 Å². The molecule has 0 spiro atoms. The maximum atomic E-state index is 5.48. The summed E-state index contributed by atoms with van der Waals surface area (Å²) < 4.78 is 0. The van der Waals surface area contributed by atoms with Crippen molar-refractivity contribution in [3.8, 4) is 0 Å². The SMILES string of the molecule is CCC=C(N)CCN. The van der Waals surface area contributed by atoms with Crippen molar-refractivity contribution in [2.75, 3.05) is 6.54 Å². The molecule has 0 atom stereocenters. The summed E-state index contributed by atoms with van der Waals surface area (Å²) in [6, 6.07) is 0. The monoisotopic (exact) mass is 114 g/mol. The summed E-state index contributed by atoms with van der Waals surface area (Å²) in [6.45, 7) is 2.71. The van der Waals surface area contributed by atoms with Crippen LogP contribution in [-0.2, 0) is 0 Å². The average molecular weight is 114 g/mol. The first-order chi connectivity index (χ1) is 3.81. The first-order valence-corrected chi connectivity index (χ1v) is 2.95. The first kappa shape index (κ1) is 7.50. The van der Waals surface area contributed by atoms with Crippen LogP contribution in [0.3, 0.4) is 0 Å². The highest BCUT2D eigenvalue weighted by atomic mass is 14.6. The van der Waals surface area contributed by atoms with Crippen LogP contribution in [0.1, 0.15) is 19.8 Å².